The average Bonchev–Trinajstić information content (AvgIpc) is 2.47. The molecule has 1 atom stereocenters. The highest BCUT2D eigenvalue weighted by molar-refractivity contribution is 9.09. The topological polar surface area (TPSA) is 29.1 Å². The summed E-state index contributed by atoms with van der Waals surface area (Å²) >= 11 is 9.66. The van der Waals surface area contributed by atoms with Gasteiger partial charge in [-0.1, -0.05) is 63.9 Å². The van der Waals surface area contributed by atoms with Crippen LogP contribution in [0.3, 0.4) is 0 Å². The van der Waals surface area contributed by atoms with Crippen molar-refractivity contribution in [3.63, 3.8) is 0 Å². The second-order valence-corrected chi connectivity index (χ2v) is 6.24. The first-order chi connectivity index (χ1) is 9.96. The second-order valence-electron chi connectivity index (χ2n) is 5.27. The van der Waals surface area contributed by atoms with Gasteiger partial charge in [0.15, 0.2) is 0 Å². The van der Waals surface area contributed by atoms with Gasteiger partial charge in [-0.05, 0) is 37.1 Å². The fourth-order valence-corrected chi connectivity index (χ4v) is 2.90. The third kappa shape index (κ3) is 3.66. The molecule has 110 valence electrons. The normalized spacial score (nSPS) is 13.5. The Morgan fingerprint density at radius 2 is 1.90 bits per heavy atom. The minimum atomic E-state index is -0.493. The van der Waals surface area contributed by atoms with Gasteiger partial charge >= 0.3 is 0 Å². The maximum absolute atomic E-state index is 12.5. The number of aryl methyl sites for hydroxylation is 1. The third-order valence-electron chi connectivity index (χ3n) is 3.44. The summed E-state index contributed by atoms with van der Waals surface area (Å²) in [6.07, 6.45) is 0. The highest BCUT2D eigenvalue weighted by atomic mass is 79.9. The zero-order valence-electron chi connectivity index (χ0n) is 12.0. The monoisotopic (exact) mass is 365 g/mol. The number of rotatable bonds is 4. The molecule has 0 aliphatic rings. The molecule has 0 aliphatic carbocycles. The van der Waals surface area contributed by atoms with Gasteiger partial charge in [0.25, 0.3) is 5.91 Å². The third-order valence-corrected chi connectivity index (χ3v) is 4.87. The van der Waals surface area contributed by atoms with Gasteiger partial charge in [-0.3, -0.25) is 4.79 Å². The molecule has 0 bridgehead atoms. The highest BCUT2D eigenvalue weighted by Gasteiger charge is 2.28. The van der Waals surface area contributed by atoms with Gasteiger partial charge < -0.3 is 5.32 Å². The number of amides is 1. The highest BCUT2D eigenvalue weighted by Crippen LogP contribution is 2.25. The first kappa shape index (κ1) is 16.1. The molecule has 0 aromatic heterocycles. The zero-order valence-corrected chi connectivity index (χ0v) is 14.3. The molecule has 0 fully saturated rings. The molecule has 0 aliphatic heterocycles. The Morgan fingerprint density at radius 1 is 1.24 bits per heavy atom. The van der Waals surface area contributed by atoms with Crippen molar-refractivity contribution >= 4 is 33.4 Å². The van der Waals surface area contributed by atoms with Crippen molar-refractivity contribution in [1.29, 1.82) is 0 Å². The second kappa shape index (κ2) is 6.63. The number of nitrogens with one attached hydrogen (secondary N) is 1. The van der Waals surface area contributed by atoms with Crippen molar-refractivity contribution in [2.75, 3.05) is 5.33 Å². The van der Waals surface area contributed by atoms with Crippen molar-refractivity contribution in [3.05, 3.63) is 70.2 Å². The van der Waals surface area contributed by atoms with Crippen molar-refractivity contribution < 1.29 is 4.79 Å². The van der Waals surface area contributed by atoms with Crippen LogP contribution in [0.1, 0.15) is 28.4 Å². The van der Waals surface area contributed by atoms with Gasteiger partial charge in [0, 0.05) is 5.33 Å². The van der Waals surface area contributed by atoms with Crippen LogP contribution in [0.2, 0.25) is 5.02 Å². The summed E-state index contributed by atoms with van der Waals surface area (Å²) in [6, 6.07) is 15.3. The Bertz CT molecular complexity index is 644. The van der Waals surface area contributed by atoms with E-state index in [1.165, 1.54) is 0 Å². The van der Waals surface area contributed by atoms with Crippen LogP contribution in [-0.2, 0) is 5.54 Å². The SMILES string of the molecule is Cc1ccc(C(=O)NC(C)(CBr)c2ccccc2)c(Cl)c1. The molecule has 2 nitrogen and oxygen atoms in total. The van der Waals surface area contributed by atoms with Crippen molar-refractivity contribution in [2.45, 2.75) is 19.4 Å². The Labute approximate surface area is 138 Å². The Hall–Kier alpha value is -1.32. The minimum Gasteiger partial charge on any atom is -0.342 e. The first-order valence-electron chi connectivity index (χ1n) is 6.66. The van der Waals surface area contributed by atoms with Crippen molar-refractivity contribution in [1.82, 2.24) is 5.32 Å². The van der Waals surface area contributed by atoms with Gasteiger partial charge in [0.1, 0.15) is 0 Å². The number of carbonyl (C=O) groups excluding carboxylic acids is 1. The standard InChI is InChI=1S/C17H17BrClNO/c1-12-8-9-14(15(19)10-12)16(21)20-17(2,11-18)13-6-4-3-5-7-13/h3-10H,11H2,1-2H3,(H,20,21). The van der Waals surface area contributed by atoms with E-state index in [0.29, 0.717) is 15.9 Å². The quantitative estimate of drug-likeness (QED) is 0.782. The van der Waals surface area contributed by atoms with Crippen molar-refractivity contribution in [3.8, 4) is 0 Å². The molecular formula is C17H17BrClNO. The predicted molar refractivity (Wildman–Crippen MR) is 91.2 cm³/mol. The van der Waals surface area contributed by atoms with E-state index in [1.807, 2.05) is 50.2 Å². The molecule has 2 aromatic rings. The van der Waals surface area contributed by atoms with E-state index in [2.05, 4.69) is 21.2 Å². The predicted octanol–water partition coefficient (Wildman–Crippen LogP) is 4.69. The molecule has 2 rings (SSSR count). The summed E-state index contributed by atoms with van der Waals surface area (Å²) < 4.78 is 0. The lowest BCUT2D eigenvalue weighted by Crippen LogP contribution is -2.45. The Balaban J connectivity index is 2.28. The fourth-order valence-electron chi connectivity index (χ4n) is 2.11. The summed E-state index contributed by atoms with van der Waals surface area (Å²) in [7, 11) is 0. The summed E-state index contributed by atoms with van der Waals surface area (Å²) in [4.78, 5) is 12.5. The number of benzene rings is 2. The minimum absolute atomic E-state index is 0.175. The number of hydrogen-bond acceptors (Lipinski definition) is 1. The fraction of sp³-hybridized carbons (Fsp3) is 0.235. The van der Waals surface area contributed by atoms with E-state index in [0.717, 1.165) is 11.1 Å². The van der Waals surface area contributed by atoms with Gasteiger partial charge in [-0.25, -0.2) is 0 Å². The molecule has 0 heterocycles. The van der Waals surface area contributed by atoms with Crippen LogP contribution >= 0.6 is 27.5 Å². The maximum atomic E-state index is 12.5. The Kier molecular flexibility index (Phi) is 5.07. The number of hydrogen-bond donors (Lipinski definition) is 1. The van der Waals surface area contributed by atoms with Gasteiger partial charge in [-0.15, -0.1) is 0 Å². The van der Waals surface area contributed by atoms with E-state index in [-0.39, 0.29) is 5.91 Å². The van der Waals surface area contributed by atoms with Crippen LogP contribution in [0.5, 0.6) is 0 Å². The van der Waals surface area contributed by atoms with Crippen molar-refractivity contribution in [2.24, 2.45) is 0 Å². The van der Waals surface area contributed by atoms with Gasteiger partial charge in [-0.2, -0.15) is 0 Å². The summed E-state index contributed by atoms with van der Waals surface area (Å²) in [5.74, 6) is -0.175. The lowest BCUT2D eigenvalue weighted by molar-refractivity contribution is 0.0914. The maximum Gasteiger partial charge on any atom is 0.253 e. The summed E-state index contributed by atoms with van der Waals surface area (Å²) in [5, 5.41) is 4.15. The zero-order chi connectivity index (χ0) is 15.5. The lowest BCUT2D eigenvalue weighted by atomic mass is 9.94. The number of carbonyl (C=O) groups is 1. The first-order valence-corrected chi connectivity index (χ1v) is 8.16. The van der Waals surface area contributed by atoms with Crippen LogP contribution in [0.15, 0.2) is 48.5 Å². The molecular weight excluding hydrogens is 350 g/mol. The molecule has 0 spiro atoms. The molecule has 1 N–H and O–H groups in total. The molecule has 0 radical (unpaired) electrons. The molecule has 2 aromatic carbocycles. The van der Waals surface area contributed by atoms with Gasteiger partial charge in [0.2, 0.25) is 0 Å². The number of halogens is 2. The largest absolute Gasteiger partial charge is 0.342 e. The van der Waals surface area contributed by atoms with Gasteiger partial charge in [0.05, 0.1) is 16.1 Å². The summed E-state index contributed by atoms with van der Waals surface area (Å²) in [5.41, 5.74) is 2.07. The van der Waals surface area contributed by atoms with E-state index in [1.54, 1.807) is 12.1 Å². The van der Waals surface area contributed by atoms with E-state index >= 15 is 0 Å². The van der Waals surface area contributed by atoms with E-state index < -0.39 is 5.54 Å². The smallest absolute Gasteiger partial charge is 0.253 e. The van der Waals surface area contributed by atoms with E-state index in [4.69, 9.17) is 11.6 Å². The van der Waals surface area contributed by atoms with Crippen LogP contribution < -0.4 is 5.32 Å². The Morgan fingerprint density at radius 3 is 2.48 bits per heavy atom. The lowest BCUT2D eigenvalue weighted by Gasteiger charge is -2.29. The number of alkyl halides is 1. The average molecular weight is 367 g/mol. The van der Waals surface area contributed by atoms with Crippen LogP contribution in [0, 0.1) is 6.92 Å². The van der Waals surface area contributed by atoms with Crippen LogP contribution in [-0.4, -0.2) is 11.2 Å². The molecule has 21 heavy (non-hydrogen) atoms. The molecule has 1 amide bonds. The van der Waals surface area contributed by atoms with Crippen LogP contribution in [0.4, 0.5) is 0 Å². The molecule has 0 saturated heterocycles. The van der Waals surface area contributed by atoms with Crippen LogP contribution in [0.25, 0.3) is 0 Å². The summed E-state index contributed by atoms with van der Waals surface area (Å²) in [6.45, 7) is 3.93. The molecule has 0 saturated carbocycles. The molecule has 1 unspecified atom stereocenters. The van der Waals surface area contributed by atoms with E-state index in [9.17, 15) is 4.79 Å². The molecule has 4 heteroatoms.